The van der Waals surface area contributed by atoms with Gasteiger partial charge in [-0.2, -0.15) is 0 Å². The van der Waals surface area contributed by atoms with E-state index in [0.29, 0.717) is 12.0 Å². The van der Waals surface area contributed by atoms with Gasteiger partial charge in [-0.1, -0.05) is 0 Å². The molecule has 1 atom stereocenters. The molecule has 1 aliphatic rings. The predicted molar refractivity (Wildman–Crippen MR) is 56.7 cm³/mol. The number of rotatable bonds is 3. The molecule has 86 valence electrons. The molecule has 16 heavy (non-hydrogen) atoms. The minimum atomic E-state index is -0.476. The van der Waals surface area contributed by atoms with Crippen molar-refractivity contribution in [3.63, 3.8) is 0 Å². The zero-order chi connectivity index (χ0) is 11.4. The maximum absolute atomic E-state index is 12.9. The first kappa shape index (κ1) is 11.2. The number of nitrogens with zero attached hydrogens (tertiary/aromatic N) is 1. The van der Waals surface area contributed by atoms with Gasteiger partial charge in [-0.05, 0) is 25.3 Å². The van der Waals surface area contributed by atoms with Gasteiger partial charge in [0.1, 0.15) is 5.82 Å². The second-order valence-corrected chi connectivity index (χ2v) is 4.01. The highest BCUT2D eigenvalue weighted by molar-refractivity contribution is 5.96. The molecule has 1 unspecified atom stereocenters. The monoisotopic (exact) mass is 223 g/mol. The average molecular weight is 223 g/mol. The van der Waals surface area contributed by atoms with Crippen molar-refractivity contribution in [3.05, 3.63) is 29.8 Å². The van der Waals surface area contributed by atoms with Crippen LogP contribution < -0.4 is 0 Å². The van der Waals surface area contributed by atoms with E-state index in [0.717, 1.165) is 32.1 Å². The summed E-state index contributed by atoms with van der Waals surface area (Å²) in [5, 5.41) is 0. The van der Waals surface area contributed by atoms with Crippen LogP contribution in [-0.4, -0.2) is 23.5 Å². The third-order valence-electron chi connectivity index (χ3n) is 2.71. The number of hydrogen-bond acceptors (Lipinski definition) is 3. The zero-order valence-corrected chi connectivity index (χ0v) is 8.99. The highest BCUT2D eigenvalue weighted by atomic mass is 19.1. The van der Waals surface area contributed by atoms with Gasteiger partial charge in [-0.15, -0.1) is 0 Å². The van der Waals surface area contributed by atoms with Gasteiger partial charge in [-0.25, -0.2) is 4.39 Å². The normalized spacial score (nSPS) is 20.7. The van der Waals surface area contributed by atoms with E-state index in [1.807, 2.05) is 0 Å². The van der Waals surface area contributed by atoms with E-state index in [4.69, 9.17) is 4.74 Å². The van der Waals surface area contributed by atoms with Crippen LogP contribution in [0.15, 0.2) is 18.5 Å². The average Bonchev–Trinajstić information content (AvgIpc) is 2.30. The van der Waals surface area contributed by atoms with Gasteiger partial charge < -0.3 is 4.74 Å². The second-order valence-electron chi connectivity index (χ2n) is 4.01. The molecule has 0 aromatic carbocycles. The van der Waals surface area contributed by atoms with E-state index in [-0.39, 0.29) is 11.9 Å². The minimum Gasteiger partial charge on any atom is -0.378 e. The summed E-state index contributed by atoms with van der Waals surface area (Å²) in [6, 6.07) is 1.22. The predicted octanol–water partition coefficient (Wildman–Crippen LogP) is 2.36. The molecule has 2 heterocycles. The molecule has 1 fully saturated rings. The molecule has 0 amide bonds. The van der Waals surface area contributed by atoms with Crippen LogP contribution in [0, 0.1) is 5.82 Å². The summed E-state index contributed by atoms with van der Waals surface area (Å²) in [5.74, 6) is -0.575. The number of carbonyl (C=O) groups is 1. The highest BCUT2D eigenvalue weighted by Crippen LogP contribution is 2.17. The van der Waals surface area contributed by atoms with Crippen molar-refractivity contribution in [1.29, 1.82) is 0 Å². The van der Waals surface area contributed by atoms with Crippen LogP contribution in [0.25, 0.3) is 0 Å². The Labute approximate surface area is 93.6 Å². The molecule has 0 saturated carbocycles. The van der Waals surface area contributed by atoms with Gasteiger partial charge in [0.05, 0.1) is 12.3 Å². The summed E-state index contributed by atoms with van der Waals surface area (Å²) < 4.78 is 18.3. The Morgan fingerprint density at radius 3 is 3.06 bits per heavy atom. The third kappa shape index (κ3) is 2.85. The molecule has 0 bridgehead atoms. The fourth-order valence-electron chi connectivity index (χ4n) is 1.86. The van der Waals surface area contributed by atoms with Gasteiger partial charge in [0, 0.05) is 24.8 Å². The van der Waals surface area contributed by atoms with Crippen molar-refractivity contribution < 1.29 is 13.9 Å². The first-order chi connectivity index (χ1) is 7.75. The third-order valence-corrected chi connectivity index (χ3v) is 2.71. The van der Waals surface area contributed by atoms with Gasteiger partial charge in [0.25, 0.3) is 0 Å². The molecule has 3 nitrogen and oxygen atoms in total. The lowest BCUT2D eigenvalue weighted by molar-refractivity contribution is 0.0129. The van der Waals surface area contributed by atoms with Crippen molar-refractivity contribution >= 4 is 5.78 Å². The fraction of sp³-hybridized carbons (Fsp3) is 0.500. The number of ether oxygens (including phenoxy) is 1. The molecule has 1 aliphatic heterocycles. The number of aromatic nitrogens is 1. The molecule has 4 heteroatoms. The molecule has 0 aliphatic carbocycles. The van der Waals surface area contributed by atoms with E-state index < -0.39 is 5.82 Å². The number of ketones is 1. The topological polar surface area (TPSA) is 39.2 Å². The Kier molecular flexibility index (Phi) is 3.62. The van der Waals surface area contributed by atoms with Crippen molar-refractivity contribution in [3.8, 4) is 0 Å². The molecule has 1 saturated heterocycles. The maximum atomic E-state index is 12.9. The van der Waals surface area contributed by atoms with Crippen LogP contribution in [0.4, 0.5) is 4.39 Å². The number of hydrogen-bond donors (Lipinski definition) is 0. The Balaban J connectivity index is 1.97. The van der Waals surface area contributed by atoms with Crippen molar-refractivity contribution in [1.82, 2.24) is 4.98 Å². The van der Waals surface area contributed by atoms with Crippen LogP contribution >= 0.6 is 0 Å². The molecular formula is C12H14FNO2. The van der Waals surface area contributed by atoms with Crippen molar-refractivity contribution in [2.45, 2.75) is 31.8 Å². The lowest BCUT2D eigenvalue weighted by Gasteiger charge is -2.21. The Bertz CT molecular complexity index is 375. The van der Waals surface area contributed by atoms with E-state index >= 15 is 0 Å². The number of Topliss-reactive ketones (excluding diaryl/α,β-unsaturated/α-hetero) is 1. The molecule has 1 aromatic heterocycles. The molecule has 0 N–H and O–H groups in total. The van der Waals surface area contributed by atoms with E-state index in [9.17, 15) is 9.18 Å². The zero-order valence-electron chi connectivity index (χ0n) is 8.99. The van der Waals surface area contributed by atoms with E-state index in [2.05, 4.69) is 4.98 Å². The molecule has 0 radical (unpaired) electrons. The van der Waals surface area contributed by atoms with E-state index in [1.165, 1.54) is 12.3 Å². The summed E-state index contributed by atoms with van der Waals surface area (Å²) in [5.41, 5.74) is 0.328. The van der Waals surface area contributed by atoms with Crippen molar-refractivity contribution in [2.75, 3.05) is 6.61 Å². The van der Waals surface area contributed by atoms with E-state index in [1.54, 1.807) is 0 Å². The van der Waals surface area contributed by atoms with Gasteiger partial charge in [-0.3, -0.25) is 9.78 Å². The fourth-order valence-corrected chi connectivity index (χ4v) is 1.86. The number of pyridine rings is 1. The first-order valence-corrected chi connectivity index (χ1v) is 5.51. The smallest absolute Gasteiger partial charge is 0.167 e. The van der Waals surface area contributed by atoms with Crippen LogP contribution in [0.1, 0.15) is 36.0 Å². The first-order valence-electron chi connectivity index (χ1n) is 5.51. The van der Waals surface area contributed by atoms with Crippen LogP contribution in [-0.2, 0) is 4.74 Å². The standard InChI is InChI=1S/C12H14FNO2/c13-10-5-9(7-14-8-10)12(15)6-11-3-1-2-4-16-11/h5,7-8,11H,1-4,6H2. The Morgan fingerprint density at radius 1 is 1.50 bits per heavy atom. The molecular weight excluding hydrogens is 209 g/mol. The summed E-state index contributed by atoms with van der Waals surface area (Å²) in [7, 11) is 0. The lowest BCUT2D eigenvalue weighted by atomic mass is 10.0. The summed E-state index contributed by atoms with van der Waals surface area (Å²) in [4.78, 5) is 15.4. The van der Waals surface area contributed by atoms with Crippen LogP contribution in [0.5, 0.6) is 0 Å². The highest BCUT2D eigenvalue weighted by Gasteiger charge is 2.18. The summed E-state index contributed by atoms with van der Waals surface area (Å²) >= 11 is 0. The van der Waals surface area contributed by atoms with Gasteiger partial charge in [0.2, 0.25) is 0 Å². The van der Waals surface area contributed by atoms with Crippen LogP contribution in [0.3, 0.4) is 0 Å². The SMILES string of the molecule is O=C(CC1CCCCO1)c1cncc(F)c1. The van der Waals surface area contributed by atoms with Gasteiger partial charge >= 0.3 is 0 Å². The summed E-state index contributed by atoms with van der Waals surface area (Å²) in [6.07, 6.45) is 5.87. The number of halogens is 1. The van der Waals surface area contributed by atoms with Gasteiger partial charge in [0.15, 0.2) is 5.78 Å². The maximum Gasteiger partial charge on any atom is 0.167 e. The Morgan fingerprint density at radius 2 is 2.38 bits per heavy atom. The minimum absolute atomic E-state index is 0.00971. The quantitative estimate of drug-likeness (QED) is 0.738. The Hall–Kier alpha value is -1.29. The summed E-state index contributed by atoms with van der Waals surface area (Å²) in [6.45, 7) is 0.722. The molecule has 1 aromatic rings. The number of carbonyl (C=O) groups excluding carboxylic acids is 1. The molecule has 0 spiro atoms. The molecule has 2 rings (SSSR count). The second kappa shape index (κ2) is 5.16. The lowest BCUT2D eigenvalue weighted by Crippen LogP contribution is -2.22. The van der Waals surface area contributed by atoms with Crippen molar-refractivity contribution in [2.24, 2.45) is 0 Å². The van der Waals surface area contributed by atoms with Crippen LogP contribution in [0.2, 0.25) is 0 Å². The largest absolute Gasteiger partial charge is 0.378 e.